The molecule has 6 heteroatoms. The molecular formula is C19H24FN3O2. The third-order valence-corrected chi connectivity index (χ3v) is 4.54. The summed E-state index contributed by atoms with van der Waals surface area (Å²) in [5.41, 5.74) is 1.75. The Morgan fingerprint density at radius 3 is 2.96 bits per heavy atom. The van der Waals surface area contributed by atoms with Crippen LogP contribution in [0.3, 0.4) is 0 Å². The smallest absolute Gasteiger partial charge is 0.409 e. The van der Waals surface area contributed by atoms with Crippen molar-refractivity contribution in [2.24, 2.45) is 0 Å². The van der Waals surface area contributed by atoms with Crippen molar-refractivity contribution < 1.29 is 13.9 Å². The number of rotatable bonds is 5. The predicted molar refractivity (Wildman–Crippen MR) is 93.8 cm³/mol. The van der Waals surface area contributed by atoms with Gasteiger partial charge in [-0.3, -0.25) is 0 Å². The minimum Gasteiger partial charge on any atom is -0.449 e. The number of unbranched alkanes of at least 4 members (excludes halogenated alkanes) is 1. The first kappa shape index (κ1) is 17.5. The highest BCUT2D eigenvalue weighted by Gasteiger charge is 2.27. The van der Waals surface area contributed by atoms with Crippen molar-refractivity contribution in [3.05, 3.63) is 42.1 Å². The van der Waals surface area contributed by atoms with Gasteiger partial charge in [-0.05, 0) is 49.1 Å². The minimum atomic E-state index is -0.256. The first-order valence-corrected chi connectivity index (χ1v) is 8.90. The van der Waals surface area contributed by atoms with Gasteiger partial charge in [0.2, 0.25) is 0 Å². The van der Waals surface area contributed by atoms with Gasteiger partial charge in [0.1, 0.15) is 11.6 Å². The molecule has 1 aliphatic heterocycles. The van der Waals surface area contributed by atoms with Crippen molar-refractivity contribution in [3.63, 3.8) is 0 Å². The summed E-state index contributed by atoms with van der Waals surface area (Å²) in [7, 11) is 0. The van der Waals surface area contributed by atoms with Gasteiger partial charge in [-0.1, -0.05) is 13.3 Å². The molecule has 134 valence electrons. The lowest BCUT2D eigenvalue weighted by Crippen LogP contribution is -2.39. The summed E-state index contributed by atoms with van der Waals surface area (Å²) in [6.07, 6.45) is 5.34. The molecule has 0 saturated carbocycles. The van der Waals surface area contributed by atoms with Crippen molar-refractivity contribution in [2.45, 2.75) is 38.5 Å². The van der Waals surface area contributed by atoms with Crippen molar-refractivity contribution in [1.29, 1.82) is 0 Å². The maximum atomic E-state index is 13.1. The predicted octanol–water partition coefficient (Wildman–Crippen LogP) is 4.33. The molecule has 0 bridgehead atoms. The number of hydrogen-bond acceptors (Lipinski definition) is 3. The normalized spacial score (nSPS) is 17.5. The number of benzene rings is 1. The number of nitrogens with one attached hydrogen (secondary N) is 1. The van der Waals surface area contributed by atoms with E-state index in [1.807, 2.05) is 0 Å². The molecule has 1 unspecified atom stereocenters. The van der Waals surface area contributed by atoms with Crippen LogP contribution in [0.1, 0.15) is 44.3 Å². The van der Waals surface area contributed by atoms with E-state index >= 15 is 0 Å². The van der Waals surface area contributed by atoms with E-state index in [1.54, 1.807) is 23.2 Å². The SMILES string of the molecule is CCCCOC(=O)N1CCCC(c2ncc(-c3ccc(F)cc3)[nH]2)C1. The number of H-pyrrole nitrogens is 1. The van der Waals surface area contributed by atoms with Crippen LogP contribution in [0.4, 0.5) is 9.18 Å². The molecule has 1 aromatic carbocycles. The summed E-state index contributed by atoms with van der Waals surface area (Å²) in [4.78, 5) is 21.7. The number of carbonyl (C=O) groups excluding carboxylic acids is 1. The van der Waals surface area contributed by atoms with Crippen LogP contribution >= 0.6 is 0 Å². The van der Waals surface area contributed by atoms with Crippen LogP contribution in [-0.2, 0) is 4.74 Å². The molecule has 3 rings (SSSR count). The number of imidazole rings is 1. The second-order valence-corrected chi connectivity index (χ2v) is 6.44. The molecule has 1 amide bonds. The third-order valence-electron chi connectivity index (χ3n) is 4.54. The number of ether oxygens (including phenoxy) is 1. The van der Waals surface area contributed by atoms with Gasteiger partial charge >= 0.3 is 6.09 Å². The fourth-order valence-electron chi connectivity index (χ4n) is 3.08. The topological polar surface area (TPSA) is 58.2 Å². The third kappa shape index (κ3) is 4.38. The highest BCUT2D eigenvalue weighted by atomic mass is 19.1. The van der Waals surface area contributed by atoms with Crippen molar-refractivity contribution in [1.82, 2.24) is 14.9 Å². The Hall–Kier alpha value is -2.37. The Morgan fingerprint density at radius 2 is 2.20 bits per heavy atom. The van der Waals surface area contributed by atoms with Gasteiger partial charge in [-0.15, -0.1) is 0 Å². The second-order valence-electron chi connectivity index (χ2n) is 6.44. The summed E-state index contributed by atoms with van der Waals surface area (Å²) in [5, 5.41) is 0. The molecular weight excluding hydrogens is 321 g/mol. The zero-order valence-electron chi connectivity index (χ0n) is 14.5. The van der Waals surface area contributed by atoms with Crippen LogP contribution in [-0.4, -0.2) is 40.7 Å². The molecule has 1 aliphatic rings. The molecule has 1 N–H and O–H groups in total. The largest absolute Gasteiger partial charge is 0.449 e. The lowest BCUT2D eigenvalue weighted by Gasteiger charge is -2.31. The summed E-state index contributed by atoms with van der Waals surface area (Å²) < 4.78 is 18.4. The van der Waals surface area contributed by atoms with Crippen molar-refractivity contribution in [2.75, 3.05) is 19.7 Å². The number of amides is 1. The van der Waals surface area contributed by atoms with Gasteiger partial charge in [0.05, 0.1) is 18.5 Å². The van der Waals surface area contributed by atoms with Gasteiger partial charge in [0.15, 0.2) is 0 Å². The van der Waals surface area contributed by atoms with E-state index in [0.29, 0.717) is 13.2 Å². The van der Waals surface area contributed by atoms with Crippen molar-refractivity contribution >= 4 is 6.09 Å². The summed E-state index contributed by atoms with van der Waals surface area (Å²) in [6.45, 7) is 3.89. The maximum absolute atomic E-state index is 13.1. The summed E-state index contributed by atoms with van der Waals surface area (Å²) in [6, 6.07) is 6.32. The van der Waals surface area contributed by atoms with E-state index in [9.17, 15) is 9.18 Å². The minimum absolute atomic E-state index is 0.168. The van der Waals surface area contributed by atoms with E-state index < -0.39 is 0 Å². The average Bonchev–Trinajstić information content (AvgIpc) is 3.13. The van der Waals surface area contributed by atoms with Crippen LogP contribution in [0, 0.1) is 5.82 Å². The number of piperidine rings is 1. The van der Waals surface area contributed by atoms with Crippen molar-refractivity contribution in [3.8, 4) is 11.3 Å². The van der Waals surface area contributed by atoms with Gasteiger partial charge < -0.3 is 14.6 Å². The highest BCUT2D eigenvalue weighted by molar-refractivity contribution is 5.67. The fourth-order valence-corrected chi connectivity index (χ4v) is 3.08. The number of carbonyl (C=O) groups is 1. The molecule has 1 aromatic heterocycles. The van der Waals surface area contributed by atoms with Crippen LogP contribution in [0.2, 0.25) is 0 Å². The fraction of sp³-hybridized carbons (Fsp3) is 0.474. The van der Waals surface area contributed by atoms with E-state index in [2.05, 4.69) is 16.9 Å². The molecule has 1 fully saturated rings. The lowest BCUT2D eigenvalue weighted by molar-refractivity contribution is 0.0899. The van der Waals surface area contributed by atoms with Crippen LogP contribution < -0.4 is 0 Å². The molecule has 1 atom stereocenters. The molecule has 0 radical (unpaired) electrons. The second kappa shape index (κ2) is 8.14. The Labute approximate surface area is 147 Å². The first-order valence-electron chi connectivity index (χ1n) is 8.90. The van der Waals surface area contributed by atoms with E-state index in [4.69, 9.17) is 4.74 Å². The molecule has 0 aliphatic carbocycles. The number of halogens is 1. The van der Waals surface area contributed by atoms with Crippen LogP contribution in [0.15, 0.2) is 30.5 Å². The van der Waals surface area contributed by atoms with E-state index in [0.717, 1.165) is 49.3 Å². The number of hydrogen-bond donors (Lipinski definition) is 1. The lowest BCUT2D eigenvalue weighted by atomic mass is 9.98. The van der Waals surface area contributed by atoms with E-state index in [1.165, 1.54) is 12.1 Å². The molecule has 2 aromatic rings. The number of nitrogens with zero attached hydrogens (tertiary/aromatic N) is 2. The molecule has 25 heavy (non-hydrogen) atoms. The monoisotopic (exact) mass is 345 g/mol. The number of aromatic amines is 1. The molecule has 5 nitrogen and oxygen atoms in total. The van der Waals surface area contributed by atoms with Crippen LogP contribution in [0.25, 0.3) is 11.3 Å². The van der Waals surface area contributed by atoms with Gasteiger partial charge in [0, 0.05) is 19.0 Å². The van der Waals surface area contributed by atoms with Gasteiger partial charge in [0.25, 0.3) is 0 Å². The molecule has 1 saturated heterocycles. The highest BCUT2D eigenvalue weighted by Crippen LogP contribution is 2.27. The Morgan fingerprint density at radius 1 is 1.40 bits per heavy atom. The average molecular weight is 345 g/mol. The molecule has 2 heterocycles. The first-order chi connectivity index (χ1) is 12.2. The van der Waals surface area contributed by atoms with E-state index in [-0.39, 0.29) is 17.8 Å². The van der Waals surface area contributed by atoms with Gasteiger partial charge in [-0.25, -0.2) is 14.2 Å². The van der Waals surface area contributed by atoms with Crippen LogP contribution in [0.5, 0.6) is 0 Å². The zero-order valence-corrected chi connectivity index (χ0v) is 14.5. The summed E-state index contributed by atoms with van der Waals surface area (Å²) >= 11 is 0. The zero-order chi connectivity index (χ0) is 17.6. The quantitative estimate of drug-likeness (QED) is 0.821. The Bertz CT molecular complexity index is 699. The molecule has 0 spiro atoms. The Kier molecular flexibility index (Phi) is 5.68. The number of likely N-dealkylation sites (tertiary alicyclic amines) is 1. The standard InChI is InChI=1S/C19H24FN3O2/c1-2-3-11-25-19(24)23-10-4-5-15(13-23)18-21-12-17(22-18)14-6-8-16(20)9-7-14/h6-9,12,15H,2-5,10-11,13H2,1H3,(H,21,22). The Balaban J connectivity index is 1.63. The van der Waals surface area contributed by atoms with Gasteiger partial charge in [-0.2, -0.15) is 0 Å². The number of aromatic nitrogens is 2. The maximum Gasteiger partial charge on any atom is 0.409 e. The summed E-state index contributed by atoms with van der Waals surface area (Å²) in [5.74, 6) is 0.778.